The molecule has 0 unspecified atom stereocenters. The quantitative estimate of drug-likeness (QED) is 0.767. The first-order chi connectivity index (χ1) is 8.16. The number of carboxylic acid groups (broad SMARTS) is 1. The number of hydrogen-bond acceptors (Lipinski definition) is 5. The van der Waals surface area contributed by atoms with Crippen LogP contribution in [0.2, 0.25) is 5.02 Å². The molecule has 0 fully saturated rings. The Morgan fingerprint density at radius 3 is 2.65 bits per heavy atom. The summed E-state index contributed by atoms with van der Waals surface area (Å²) >= 11 is 5.77. The van der Waals surface area contributed by atoms with Crippen molar-refractivity contribution in [3.05, 3.63) is 41.2 Å². The summed E-state index contributed by atoms with van der Waals surface area (Å²) in [4.78, 5) is 10.7. The zero-order valence-electron chi connectivity index (χ0n) is 8.65. The van der Waals surface area contributed by atoms with E-state index in [0.717, 1.165) is 5.56 Å². The van der Waals surface area contributed by atoms with Crippen LogP contribution in [0.4, 0.5) is 0 Å². The molecular weight excluding hydrogens is 244 g/mol. The summed E-state index contributed by atoms with van der Waals surface area (Å²) in [5.41, 5.74) is 0.755. The van der Waals surface area contributed by atoms with Gasteiger partial charge in [-0.25, -0.2) is 4.68 Å². The first-order valence-corrected chi connectivity index (χ1v) is 5.22. The molecule has 6 nitrogen and oxygen atoms in total. The van der Waals surface area contributed by atoms with Crippen molar-refractivity contribution in [1.29, 1.82) is 0 Å². The van der Waals surface area contributed by atoms with Crippen LogP contribution in [-0.2, 0) is 4.79 Å². The molecule has 0 amide bonds. The molecule has 0 bridgehead atoms. The number of carbonyl (C=O) groups excluding carboxylic acids is 1. The normalized spacial score (nSPS) is 12.3. The van der Waals surface area contributed by atoms with Crippen molar-refractivity contribution in [1.82, 2.24) is 20.2 Å². The van der Waals surface area contributed by atoms with Crippen LogP contribution in [0.25, 0.3) is 0 Å². The third kappa shape index (κ3) is 2.79. The van der Waals surface area contributed by atoms with Gasteiger partial charge < -0.3 is 9.90 Å². The summed E-state index contributed by atoms with van der Waals surface area (Å²) in [5.74, 6) is -1.17. The van der Waals surface area contributed by atoms with Crippen molar-refractivity contribution in [2.24, 2.45) is 0 Å². The molecule has 17 heavy (non-hydrogen) atoms. The maximum atomic E-state index is 10.7. The highest BCUT2D eigenvalue weighted by Crippen LogP contribution is 2.22. The number of rotatable bonds is 4. The fourth-order valence-electron chi connectivity index (χ4n) is 1.52. The standard InChI is InChI=1S/C10H9ClN4O2/c11-8-3-1-7(2-4-8)9(5-10(16)17)15-6-12-13-14-15/h1-4,6,9H,5H2,(H,16,17)/p-1/t9-/m1/s1. The number of halogens is 1. The van der Waals surface area contributed by atoms with Crippen molar-refractivity contribution < 1.29 is 9.90 Å². The molecule has 2 aromatic rings. The van der Waals surface area contributed by atoms with Crippen molar-refractivity contribution in [2.75, 3.05) is 0 Å². The minimum absolute atomic E-state index is 0.202. The monoisotopic (exact) mass is 251 g/mol. The van der Waals surface area contributed by atoms with E-state index < -0.39 is 12.0 Å². The Hall–Kier alpha value is -1.95. The summed E-state index contributed by atoms with van der Waals surface area (Å²) in [5, 5.41) is 22.0. The Kier molecular flexibility index (Phi) is 3.34. The molecule has 0 spiro atoms. The second-order valence-corrected chi connectivity index (χ2v) is 3.87. The van der Waals surface area contributed by atoms with Gasteiger partial charge in [0.15, 0.2) is 0 Å². The Balaban J connectivity index is 2.33. The van der Waals surface area contributed by atoms with Crippen LogP contribution in [0.15, 0.2) is 30.6 Å². The molecule has 1 aromatic heterocycles. The number of tetrazole rings is 1. The fraction of sp³-hybridized carbons (Fsp3) is 0.200. The van der Waals surface area contributed by atoms with E-state index in [1.54, 1.807) is 24.3 Å². The minimum Gasteiger partial charge on any atom is -0.550 e. The number of aromatic nitrogens is 4. The summed E-state index contributed by atoms with van der Waals surface area (Å²) in [6.07, 6.45) is 1.16. The maximum Gasteiger partial charge on any atom is 0.138 e. The molecule has 0 saturated carbocycles. The zero-order chi connectivity index (χ0) is 12.3. The molecule has 1 atom stereocenters. The first-order valence-electron chi connectivity index (χ1n) is 4.84. The molecule has 88 valence electrons. The lowest BCUT2D eigenvalue weighted by Crippen LogP contribution is -2.27. The fourth-order valence-corrected chi connectivity index (χ4v) is 1.64. The lowest BCUT2D eigenvalue weighted by atomic mass is 10.0. The second-order valence-electron chi connectivity index (χ2n) is 3.43. The SMILES string of the molecule is O=C([O-])C[C@H](c1ccc(Cl)cc1)n1cnnn1. The number of benzene rings is 1. The highest BCUT2D eigenvalue weighted by atomic mass is 35.5. The van der Waals surface area contributed by atoms with Crippen LogP contribution in [0.3, 0.4) is 0 Å². The van der Waals surface area contributed by atoms with Crippen LogP contribution in [0.5, 0.6) is 0 Å². The summed E-state index contributed by atoms with van der Waals surface area (Å²) < 4.78 is 1.37. The van der Waals surface area contributed by atoms with E-state index in [0.29, 0.717) is 5.02 Å². The second kappa shape index (κ2) is 4.92. The van der Waals surface area contributed by atoms with Gasteiger partial charge in [-0.2, -0.15) is 0 Å². The molecule has 1 heterocycles. The van der Waals surface area contributed by atoms with Crippen LogP contribution in [0, 0.1) is 0 Å². The summed E-state index contributed by atoms with van der Waals surface area (Å²) in [7, 11) is 0. The minimum atomic E-state index is -1.17. The smallest absolute Gasteiger partial charge is 0.138 e. The van der Waals surface area contributed by atoms with Gasteiger partial charge >= 0.3 is 0 Å². The molecule has 0 aliphatic carbocycles. The molecular formula is C10H8ClN4O2-. The molecule has 7 heteroatoms. The van der Waals surface area contributed by atoms with Crippen molar-refractivity contribution >= 4 is 17.6 Å². The number of hydrogen-bond donors (Lipinski definition) is 0. The van der Waals surface area contributed by atoms with Crippen LogP contribution < -0.4 is 5.11 Å². The van der Waals surface area contributed by atoms with Gasteiger partial charge in [0.05, 0.1) is 6.04 Å². The Morgan fingerprint density at radius 2 is 2.12 bits per heavy atom. The number of carbonyl (C=O) groups is 1. The average molecular weight is 252 g/mol. The van der Waals surface area contributed by atoms with Gasteiger partial charge in [-0.15, -0.1) is 5.10 Å². The third-order valence-corrected chi connectivity index (χ3v) is 2.55. The van der Waals surface area contributed by atoms with Crippen LogP contribution >= 0.6 is 11.6 Å². The van der Waals surface area contributed by atoms with Crippen LogP contribution in [-0.4, -0.2) is 26.2 Å². The third-order valence-electron chi connectivity index (χ3n) is 2.30. The van der Waals surface area contributed by atoms with Gasteiger partial charge in [0, 0.05) is 17.4 Å². The van der Waals surface area contributed by atoms with Gasteiger partial charge in [-0.05, 0) is 28.1 Å². The molecule has 1 aromatic carbocycles. The highest BCUT2D eigenvalue weighted by molar-refractivity contribution is 6.30. The molecule has 0 radical (unpaired) electrons. The largest absolute Gasteiger partial charge is 0.550 e. The van der Waals surface area contributed by atoms with Crippen molar-refractivity contribution in [3.8, 4) is 0 Å². The van der Waals surface area contributed by atoms with Crippen molar-refractivity contribution in [3.63, 3.8) is 0 Å². The van der Waals surface area contributed by atoms with Gasteiger partial charge in [0.25, 0.3) is 0 Å². The Bertz CT molecular complexity index is 498. The number of aliphatic carboxylic acids is 1. The molecule has 2 rings (SSSR count). The van der Waals surface area contributed by atoms with Gasteiger partial charge in [-0.3, -0.25) is 0 Å². The van der Waals surface area contributed by atoms with Crippen molar-refractivity contribution in [2.45, 2.75) is 12.5 Å². The molecule has 0 N–H and O–H groups in total. The van der Waals surface area contributed by atoms with E-state index >= 15 is 0 Å². The zero-order valence-corrected chi connectivity index (χ0v) is 9.41. The molecule has 0 saturated heterocycles. The van der Waals surface area contributed by atoms with E-state index in [9.17, 15) is 9.90 Å². The van der Waals surface area contributed by atoms with E-state index in [1.807, 2.05) is 0 Å². The predicted octanol–water partition coefficient (Wildman–Crippen LogP) is 0.0559. The van der Waals surface area contributed by atoms with E-state index in [1.165, 1.54) is 11.0 Å². The molecule has 0 aliphatic rings. The van der Waals surface area contributed by atoms with E-state index in [4.69, 9.17) is 11.6 Å². The number of carboxylic acids is 1. The molecule has 0 aliphatic heterocycles. The van der Waals surface area contributed by atoms with Gasteiger partial charge in [0.1, 0.15) is 6.33 Å². The maximum absolute atomic E-state index is 10.7. The topological polar surface area (TPSA) is 83.7 Å². The average Bonchev–Trinajstić information content (AvgIpc) is 2.80. The highest BCUT2D eigenvalue weighted by Gasteiger charge is 2.15. The lowest BCUT2D eigenvalue weighted by molar-refractivity contribution is -0.306. The summed E-state index contributed by atoms with van der Waals surface area (Å²) in [6.45, 7) is 0. The Labute approximate surface area is 102 Å². The first kappa shape index (κ1) is 11.5. The van der Waals surface area contributed by atoms with E-state index in [2.05, 4.69) is 15.5 Å². The van der Waals surface area contributed by atoms with Gasteiger partial charge in [-0.1, -0.05) is 23.7 Å². The lowest BCUT2D eigenvalue weighted by Gasteiger charge is -2.17. The predicted molar refractivity (Wildman–Crippen MR) is 57.0 cm³/mol. The Morgan fingerprint density at radius 1 is 1.41 bits per heavy atom. The van der Waals surface area contributed by atoms with Gasteiger partial charge in [0.2, 0.25) is 0 Å². The summed E-state index contributed by atoms with van der Waals surface area (Å²) in [6, 6.07) is 6.34. The van der Waals surface area contributed by atoms with Crippen LogP contribution in [0.1, 0.15) is 18.0 Å². The van der Waals surface area contributed by atoms with E-state index in [-0.39, 0.29) is 6.42 Å². The number of nitrogens with zero attached hydrogens (tertiary/aromatic N) is 4.